The Balaban J connectivity index is 1.75. The first kappa shape index (κ1) is 17.2. The van der Waals surface area contributed by atoms with Crippen molar-refractivity contribution in [2.75, 3.05) is 5.32 Å². The summed E-state index contributed by atoms with van der Waals surface area (Å²) in [5.41, 5.74) is 6.75. The summed E-state index contributed by atoms with van der Waals surface area (Å²) >= 11 is 0. The first-order valence-corrected chi connectivity index (χ1v) is 9.02. The number of aryl methyl sites for hydroxylation is 4. The Morgan fingerprint density at radius 3 is 2.48 bits per heavy atom. The predicted molar refractivity (Wildman–Crippen MR) is 108 cm³/mol. The second-order valence-corrected chi connectivity index (χ2v) is 6.99. The van der Waals surface area contributed by atoms with Gasteiger partial charge in [0.2, 0.25) is 11.7 Å². The van der Waals surface area contributed by atoms with Gasteiger partial charge in [0.1, 0.15) is 5.82 Å². The van der Waals surface area contributed by atoms with Gasteiger partial charge in [-0.05, 0) is 55.2 Å². The van der Waals surface area contributed by atoms with Crippen LogP contribution in [0.3, 0.4) is 0 Å². The molecule has 136 valence electrons. The van der Waals surface area contributed by atoms with Crippen molar-refractivity contribution in [2.24, 2.45) is 0 Å². The highest BCUT2D eigenvalue weighted by atomic mass is 16.5. The van der Waals surface area contributed by atoms with Gasteiger partial charge in [-0.3, -0.25) is 0 Å². The van der Waals surface area contributed by atoms with Gasteiger partial charge in [0.15, 0.2) is 0 Å². The maximum Gasteiger partial charge on any atom is 0.223 e. The molecule has 0 amide bonds. The number of pyridine rings is 1. The fourth-order valence-electron chi connectivity index (χ4n) is 3.09. The molecule has 0 radical (unpaired) electrons. The number of benzene rings is 2. The molecular weight excluding hydrogens is 336 g/mol. The topological polar surface area (TPSA) is 63.8 Å². The van der Waals surface area contributed by atoms with Crippen LogP contribution in [-0.2, 0) is 6.54 Å². The van der Waals surface area contributed by atoms with Crippen LogP contribution in [0.5, 0.6) is 0 Å². The molecule has 2 aromatic carbocycles. The van der Waals surface area contributed by atoms with Crippen LogP contribution in [0.25, 0.3) is 22.3 Å². The maximum absolute atomic E-state index is 5.18. The van der Waals surface area contributed by atoms with Crippen molar-refractivity contribution in [1.29, 1.82) is 0 Å². The molecule has 0 saturated heterocycles. The van der Waals surface area contributed by atoms with E-state index < -0.39 is 0 Å². The first-order chi connectivity index (χ1) is 13.0. The molecule has 4 aromatic rings. The molecule has 4 rings (SSSR count). The van der Waals surface area contributed by atoms with Crippen molar-refractivity contribution < 1.29 is 4.52 Å². The van der Waals surface area contributed by atoms with Crippen molar-refractivity contribution in [3.05, 3.63) is 70.6 Å². The monoisotopic (exact) mass is 358 g/mol. The van der Waals surface area contributed by atoms with Crippen LogP contribution < -0.4 is 5.32 Å². The normalized spacial score (nSPS) is 11.1. The quantitative estimate of drug-likeness (QED) is 0.548. The zero-order valence-electron chi connectivity index (χ0n) is 16.0. The molecule has 1 N–H and O–H groups in total. The summed E-state index contributed by atoms with van der Waals surface area (Å²) in [7, 11) is 0. The van der Waals surface area contributed by atoms with Crippen LogP contribution in [-0.4, -0.2) is 15.1 Å². The Morgan fingerprint density at radius 2 is 1.74 bits per heavy atom. The molecule has 0 unspecified atom stereocenters. The lowest BCUT2D eigenvalue weighted by Gasteiger charge is -2.12. The number of fused-ring (bicyclic) bond motifs is 1. The Hall–Kier alpha value is -3.21. The molecule has 2 heterocycles. The van der Waals surface area contributed by atoms with E-state index in [1.54, 1.807) is 6.92 Å². The van der Waals surface area contributed by atoms with Gasteiger partial charge in [0.25, 0.3) is 0 Å². The lowest BCUT2D eigenvalue weighted by molar-refractivity contribution is 0.394. The van der Waals surface area contributed by atoms with Gasteiger partial charge in [0.05, 0.1) is 11.1 Å². The standard InChI is InChI=1S/C22H22N4O/c1-13-5-8-18-11-19(22-24-16(4)27-26-22)21(25-20(18)9-13)23-12-17-7-6-14(2)15(3)10-17/h5-11H,12H2,1-4H3,(H,23,25). The van der Waals surface area contributed by atoms with E-state index in [1.165, 1.54) is 22.3 Å². The summed E-state index contributed by atoms with van der Waals surface area (Å²) in [4.78, 5) is 9.23. The van der Waals surface area contributed by atoms with Crippen LogP contribution in [0.4, 0.5) is 5.82 Å². The van der Waals surface area contributed by atoms with Gasteiger partial charge in [-0.15, -0.1) is 0 Å². The maximum atomic E-state index is 5.18. The first-order valence-electron chi connectivity index (χ1n) is 9.02. The number of hydrogen-bond donors (Lipinski definition) is 1. The molecule has 0 atom stereocenters. The molecule has 5 nitrogen and oxygen atoms in total. The van der Waals surface area contributed by atoms with Gasteiger partial charge < -0.3 is 9.84 Å². The zero-order valence-corrected chi connectivity index (χ0v) is 16.0. The van der Waals surface area contributed by atoms with Gasteiger partial charge >= 0.3 is 0 Å². The number of anilines is 1. The second-order valence-electron chi connectivity index (χ2n) is 6.99. The Morgan fingerprint density at radius 1 is 0.889 bits per heavy atom. The van der Waals surface area contributed by atoms with E-state index >= 15 is 0 Å². The summed E-state index contributed by atoms with van der Waals surface area (Å²) in [6.45, 7) is 8.78. The minimum absolute atomic E-state index is 0.536. The number of aromatic nitrogens is 3. The molecule has 2 aromatic heterocycles. The number of rotatable bonds is 4. The van der Waals surface area contributed by atoms with Crippen molar-refractivity contribution in [3.63, 3.8) is 0 Å². The lowest BCUT2D eigenvalue weighted by atomic mass is 10.1. The van der Waals surface area contributed by atoms with E-state index in [2.05, 4.69) is 78.7 Å². The van der Waals surface area contributed by atoms with E-state index in [9.17, 15) is 0 Å². The number of nitrogens with zero attached hydrogens (tertiary/aromatic N) is 3. The Bertz CT molecular complexity index is 1130. The van der Waals surface area contributed by atoms with E-state index in [4.69, 9.17) is 9.51 Å². The van der Waals surface area contributed by atoms with E-state index in [-0.39, 0.29) is 0 Å². The Labute approximate surface area is 158 Å². The molecule has 27 heavy (non-hydrogen) atoms. The fourth-order valence-corrected chi connectivity index (χ4v) is 3.09. The SMILES string of the molecule is Cc1ccc2cc(-c3noc(C)n3)c(NCc3ccc(C)c(C)c3)nc2c1. The van der Waals surface area contributed by atoms with E-state index in [1.807, 2.05) is 0 Å². The van der Waals surface area contributed by atoms with Gasteiger partial charge in [-0.1, -0.05) is 35.5 Å². The second kappa shape index (κ2) is 6.83. The molecule has 0 aliphatic rings. The largest absolute Gasteiger partial charge is 0.365 e. The average molecular weight is 358 g/mol. The molecular formula is C22H22N4O. The summed E-state index contributed by atoms with van der Waals surface area (Å²) in [6.07, 6.45) is 0. The van der Waals surface area contributed by atoms with E-state index in [0.29, 0.717) is 18.3 Å². The molecule has 0 saturated carbocycles. The number of hydrogen-bond acceptors (Lipinski definition) is 5. The van der Waals surface area contributed by atoms with Crippen molar-refractivity contribution in [3.8, 4) is 11.4 Å². The van der Waals surface area contributed by atoms with Crippen LogP contribution in [0.2, 0.25) is 0 Å². The zero-order chi connectivity index (χ0) is 19.0. The van der Waals surface area contributed by atoms with Gasteiger partial charge in [0, 0.05) is 18.9 Å². The number of nitrogens with one attached hydrogen (secondary N) is 1. The molecule has 0 aliphatic heterocycles. The highest BCUT2D eigenvalue weighted by Gasteiger charge is 2.14. The molecule has 5 heteroatoms. The summed E-state index contributed by atoms with van der Waals surface area (Å²) < 4.78 is 5.18. The van der Waals surface area contributed by atoms with Crippen molar-refractivity contribution in [2.45, 2.75) is 34.2 Å². The van der Waals surface area contributed by atoms with Crippen LogP contribution >= 0.6 is 0 Å². The molecule has 0 aliphatic carbocycles. The predicted octanol–water partition coefficient (Wildman–Crippen LogP) is 5.13. The van der Waals surface area contributed by atoms with Crippen LogP contribution in [0, 0.1) is 27.7 Å². The van der Waals surface area contributed by atoms with Crippen molar-refractivity contribution >= 4 is 16.7 Å². The Kier molecular flexibility index (Phi) is 4.36. The minimum atomic E-state index is 0.536. The highest BCUT2D eigenvalue weighted by molar-refractivity contribution is 5.88. The third-order valence-corrected chi connectivity index (χ3v) is 4.77. The highest BCUT2D eigenvalue weighted by Crippen LogP contribution is 2.29. The third-order valence-electron chi connectivity index (χ3n) is 4.77. The van der Waals surface area contributed by atoms with Gasteiger partial charge in [-0.25, -0.2) is 4.98 Å². The van der Waals surface area contributed by atoms with Crippen LogP contribution in [0.15, 0.2) is 47.0 Å². The lowest BCUT2D eigenvalue weighted by Crippen LogP contribution is -2.04. The average Bonchev–Trinajstić information content (AvgIpc) is 3.08. The summed E-state index contributed by atoms with van der Waals surface area (Å²) in [6, 6.07) is 14.8. The van der Waals surface area contributed by atoms with Gasteiger partial charge in [-0.2, -0.15) is 4.98 Å². The molecule has 0 spiro atoms. The summed E-state index contributed by atoms with van der Waals surface area (Å²) in [5.74, 6) is 1.84. The van der Waals surface area contributed by atoms with E-state index in [0.717, 1.165) is 22.3 Å². The summed E-state index contributed by atoms with van der Waals surface area (Å²) in [5, 5.41) is 8.60. The van der Waals surface area contributed by atoms with Crippen LogP contribution in [0.1, 0.15) is 28.1 Å². The minimum Gasteiger partial charge on any atom is -0.365 e. The van der Waals surface area contributed by atoms with Crippen molar-refractivity contribution in [1.82, 2.24) is 15.1 Å². The fraction of sp³-hybridized carbons (Fsp3) is 0.227. The third kappa shape index (κ3) is 3.53. The molecule has 0 fully saturated rings. The smallest absolute Gasteiger partial charge is 0.223 e. The molecule has 0 bridgehead atoms.